The van der Waals surface area contributed by atoms with Crippen molar-refractivity contribution in [1.29, 1.82) is 0 Å². The lowest BCUT2D eigenvalue weighted by Gasteiger charge is -2.14. The maximum Gasteiger partial charge on any atom is 0.269 e. The first-order chi connectivity index (χ1) is 15.0. The molecule has 0 saturated heterocycles. The van der Waals surface area contributed by atoms with E-state index < -0.39 is 4.92 Å². The topological polar surface area (TPSA) is 112 Å². The Bertz CT molecular complexity index is 1380. The smallest absolute Gasteiger partial charge is 0.269 e. The molecule has 0 N–H and O–H groups in total. The van der Waals surface area contributed by atoms with Gasteiger partial charge in [-0.3, -0.25) is 19.5 Å². The Morgan fingerprint density at radius 1 is 1.00 bits per heavy atom. The second-order valence-corrected chi connectivity index (χ2v) is 6.65. The molecule has 4 aromatic rings. The molecular weight excluding hydrogens is 398 g/mol. The molecule has 0 atom stereocenters. The number of ether oxygens (including phenoxy) is 1. The van der Waals surface area contributed by atoms with Crippen LogP contribution in [0.4, 0.5) is 17.1 Å². The summed E-state index contributed by atoms with van der Waals surface area (Å²) in [6, 6.07) is 18.0. The number of azo groups is 1. The zero-order valence-electron chi connectivity index (χ0n) is 16.7. The first-order valence-electron chi connectivity index (χ1n) is 9.31. The molecule has 9 nitrogen and oxygen atoms in total. The van der Waals surface area contributed by atoms with E-state index in [-0.39, 0.29) is 11.2 Å². The van der Waals surface area contributed by atoms with E-state index in [0.717, 1.165) is 0 Å². The minimum atomic E-state index is -0.476. The quantitative estimate of drug-likeness (QED) is 0.258. The zero-order chi connectivity index (χ0) is 22.0. The largest absolute Gasteiger partial charge is 0.494 e. The third kappa shape index (κ3) is 3.88. The molecule has 0 fully saturated rings. The summed E-state index contributed by atoms with van der Waals surface area (Å²) in [4.78, 5) is 27.9. The Kier molecular flexibility index (Phi) is 5.23. The number of nitrogens with zero attached hydrogens (tertiary/aromatic N) is 5. The maximum atomic E-state index is 13.1. The highest BCUT2D eigenvalue weighted by molar-refractivity contribution is 5.78. The zero-order valence-corrected chi connectivity index (χ0v) is 16.7. The summed E-state index contributed by atoms with van der Waals surface area (Å²) in [5.74, 6) is 0.963. The summed E-state index contributed by atoms with van der Waals surface area (Å²) in [6.45, 7) is 1.76. The van der Waals surface area contributed by atoms with Gasteiger partial charge in [0.1, 0.15) is 11.6 Å². The first-order valence-corrected chi connectivity index (χ1v) is 9.31. The van der Waals surface area contributed by atoms with Gasteiger partial charge < -0.3 is 4.74 Å². The minimum absolute atomic E-state index is 0.0187. The van der Waals surface area contributed by atoms with Gasteiger partial charge in [-0.05, 0) is 43.3 Å². The third-order valence-corrected chi connectivity index (χ3v) is 4.69. The number of aryl methyl sites for hydroxylation is 1. The average molecular weight is 415 g/mol. The van der Waals surface area contributed by atoms with Gasteiger partial charge in [0.2, 0.25) is 0 Å². The monoisotopic (exact) mass is 415 g/mol. The Morgan fingerprint density at radius 3 is 2.39 bits per heavy atom. The molecule has 4 rings (SSSR count). The average Bonchev–Trinajstić information content (AvgIpc) is 2.78. The van der Waals surface area contributed by atoms with Crippen LogP contribution in [-0.2, 0) is 0 Å². The van der Waals surface area contributed by atoms with Crippen molar-refractivity contribution in [2.75, 3.05) is 7.11 Å². The number of methoxy groups -OCH3 is 1. The molecule has 0 amide bonds. The van der Waals surface area contributed by atoms with Crippen molar-refractivity contribution in [1.82, 2.24) is 9.55 Å². The van der Waals surface area contributed by atoms with Gasteiger partial charge in [0.05, 0.1) is 40.0 Å². The highest BCUT2D eigenvalue weighted by Crippen LogP contribution is 2.29. The summed E-state index contributed by atoms with van der Waals surface area (Å²) < 4.78 is 6.99. The summed E-state index contributed by atoms with van der Waals surface area (Å²) in [6.07, 6.45) is 0. The van der Waals surface area contributed by atoms with Gasteiger partial charge in [-0.15, -0.1) is 0 Å². The van der Waals surface area contributed by atoms with Crippen LogP contribution in [0.25, 0.3) is 16.6 Å². The molecule has 0 aliphatic heterocycles. The molecule has 31 heavy (non-hydrogen) atoms. The van der Waals surface area contributed by atoms with Crippen LogP contribution in [-0.4, -0.2) is 21.6 Å². The standard InChI is InChI=1S/C22H17N5O4/c1-14-23-19-6-4-3-5-18(19)22(28)26(14)20-12-9-16(13-21(20)31-2)25-24-15-7-10-17(11-8-15)27(29)30/h3-13H,1-2H3. The molecule has 1 aromatic heterocycles. The van der Waals surface area contributed by atoms with Gasteiger partial charge in [-0.1, -0.05) is 12.1 Å². The molecule has 9 heteroatoms. The van der Waals surface area contributed by atoms with Crippen molar-refractivity contribution in [2.45, 2.75) is 6.92 Å². The molecule has 0 saturated carbocycles. The lowest BCUT2D eigenvalue weighted by atomic mass is 10.2. The molecule has 1 heterocycles. The van der Waals surface area contributed by atoms with E-state index in [1.54, 1.807) is 43.3 Å². The number of para-hydroxylation sites is 1. The van der Waals surface area contributed by atoms with Gasteiger partial charge >= 0.3 is 0 Å². The summed E-state index contributed by atoms with van der Waals surface area (Å²) >= 11 is 0. The molecule has 154 valence electrons. The van der Waals surface area contributed by atoms with Gasteiger partial charge in [-0.25, -0.2) is 4.98 Å². The number of nitro benzene ring substituents is 1. The number of aromatic nitrogens is 2. The Morgan fingerprint density at radius 2 is 1.68 bits per heavy atom. The summed E-state index contributed by atoms with van der Waals surface area (Å²) in [5, 5.41) is 19.5. The predicted octanol–water partition coefficient (Wildman–Crippen LogP) is 5.03. The number of rotatable bonds is 5. The van der Waals surface area contributed by atoms with Crippen LogP contribution < -0.4 is 10.3 Å². The Hall–Kier alpha value is -4.40. The van der Waals surface area contributed by atoms with E-state index >= 15 is 0 Å². The number of hydrogen-bond acceptors (Lipinski definition) is 7. The molecule has 0 aliphatic carbocycles. The van der Waals surface area contributed by atoms with Crippen molar-refractivity contribution in [2.24, 2.45) is 10.2 Å². The number of benzene rings is 3. The van der Waals surface area contributed by atoms with Gasteiger partial charge in [0.25, 0.3) is 11.2 Å². The van der Waals surface area contributed by atoms with Crippen molar-refractivity contribution < 1.29 is 9.66 Å². The van der Waals surface area contributed by atoms with E-state index in [1.165, 1.54) is 35.9 Å². The minimum Gasteiger partial charge on any atom is -0.494 e. The van der Waals surface area contributed by atoms with Crippen molar-refractivity contribution >= 4 is 28.0 Å². The molecule has 0 bridgehead atoms. The Labute approximate surface area is 176 Å². The maximum absolute atomic E-state index is 13.1. The summed E-state index contributed by atoms with van der Waals surface area (Å²) in [7, 11) is 1.50. The van der Waals surface area contributed by atoms with Crippen molar-refractivity contribution in [3.63, 3.8) is 0 Å². The molecule has 0 spiro atoms. The van der Waals surface area contributed by atoms with Crippen LogP contribution in [0.1, 0.15) is 5.82 Å². The Balaban J connectivity index is 1.72. The third-order valence-electron chi connectivity index (χ3n) is 4.69. The van der Waals surface area contributed by atoms with E-state index in [4.69, 9.17) is 4.74 Å². The fourth-order valence-corrected chi connectivity index (χ4v) is 3.20. The van der Waals surface area contributed by atoms with Gasteiger partial charge in [-0.2, -0.15) is 10.2 Å². The van der Waals surface area contributed by atoms with Crippen LogP contribution in [0.3, 0.4) is 0 Å². The fourth-order valence-electron chi connectivity index (χ4n) is 3.20. The normalized spacial score (nSPS) is 11.2. The SMILES string of the molecule is COc1cc(N=Nc2ccc([N+](=O)[O-])cc2)ccc1-n1c(C)nc2ccccc2c1=O. The number of non-ortho nitro benzene ring substituents is 1. The predicted molar refractivity (Wildman–Crippen MR) is 116 cm³/mol. The van der Waals surface area contributed by atoms with Crippen LogP contribution in [0, 0.1) is 17.0 Å². The molecule has 0 unspecified atom stereocenters. The number of nitro groups is 1. The van der Waals surface area contributed by atoms with Crippen LogP contribution in [0.2, 0.25) is 0 Å². The number of fused-ring (bicyclic) bond motifs is 1. The second kappa shape index (κ2) is 8.15. The highest BCUT2D eigenvalue weighted by atomic mass is 16.6. The van der Waals surface area contributed by atoms with E-state index in [9.17, 15) is 14.9 Å². The van der Waals surface area contributed by atoms with Crippen LogP contribution in [0.15, 0.2) is 81.8 Å². The van der Waals surface area contributed by atoms with E-state index in [1.807, 2.05) is 6.07 Å². The lowest BCUT2D eigenvalue weighted by molar-refractivity contribution is -0.384. The van der Waals surface area contributed by atoms with Crippen LogP contribution in [0.5, 0.6) is 5.75 Å². The first kappa shape index (κ1) is 19.9. The van der Waals surface area contributed by atoms with Crippen LogP contribution >= 0.6 is 0 Å². The second-order valence-electron chi connectivity index (χ2n) is 6.65. The van der Waals surface area contributed by atoms with Crippen molar-refractivity contribution in [3.8, 4) is 11.4 Å². The number of hydrogen-bond donors (Lipinski definition) is 0. The van der Waals surface area contributed by atoms with Crippen molar-refractivity contribution in [3.05, 3.63) is 93.0 Å². The lowest BCUT2D eigenvalue weighted by Crippen LogP contribution is -2.22. The fraction of sp³-hybridized carbons (Fsp3) is 0.0909. The van der Waals surface area contributed by atoms with Gasteiger partial charge in [0.15, 0.2) is 0 Å². The molecule has 0 aliphatic rings. The molecule has 3 aromatic carbocycles. The van der Waals surface area contributed by atoms with Gasteiger partial charge in [0, 0.05) is 18.2 Å². The highest BCUT2D eigenvalue weighted by Gasteiger charge is 2.14. The molecular formula is C22H17N5O4. The molecule has 0 radical (unpaired) electrons. The van der Waals surface area contributed by atoms with E-state index in [2.05, 4.69) is 15.2 Å². The van der Waals surface area contributed by atoms with E-state index in [0.29, 0.717) is 39.5 Å². The summed E-state index contributed by atoms with van der Waals surface area (Å²) in [5.41, 5.74) is 1.93.